The van der Waals surface area contributed by atoms with E-state index in [1.807, 2.05) is 37.3 Å². The highest BCUT2D eigenvalue weighted by molar-refractivity contribution is 7.19. The quantitative estimate of drug-likeness (QED) is 0.359. The summed E-state index contributed by atoms with van der Waals surface area (Å²) in [4.78, 5) is 32.5. The first-order chi connectivity index (χ1) is 16.8. The van der Waals surface area contributed by atoms with Crippen LogP contribution in [-0.4, -0.2) is 36.2 Å². The Labute approximate surface area is 212 Å². The molecule has 35 heavy (non-hydrogen) atoms. The van der Waals surface area contributed by atoms with Crippen molar-refractivity contribution in [2.24, 2.45) is 0 Å². The van der Waals surface area contributed by atoms with E-state index in [4.69, 9.17) is 21.1 Å². The third-order valence-electron chi connectivity index (χ3n) is 5.90. The minimum atomic E-state index is -0.719. The Bertz CT molecular complexity index is 1430. The number of amides is 1. The number of rotatable bonds is 8. The van der Waals surface area contributed by atoms with E-state index in [1.54, 1.807) is 33.3 Å². The number of thiophene rings is 1. The molecule has 2 aromatic carbocycles. The lowest BCUT2D eigenvalue weighted by Crippen LogP contribution is -2.36. The van der Waals surface area contributed by atoms with Crippen molar-refractivity contribution in [3.8, 4) is 22.6 Å². The molecule has 0 saturated carbocycles. The van der Waals surface area contributed by atoms with Crippen molar-refractivity contribution in [1.29, 1.82) is 0 Å². The molecule has 2 aromatic heterocycles. The highest BCUT2D eigenvalue weighted by atomic mass is 35.5. The van der Waals surface area contributed by atoms with Crippen molar-refractivity contribution < 1.29 is 14.3 Å². The lowest BCUT2D eigenvalue weighted by Gasteiger charge is -2.15. The Morgan fingerprint density at radius 3 is 2.54 bits per heavy atom. The number of aromatic nitrogens is 2. The smallest absolute Gasteiger partial charge is 0.263 e. The number of hydrogen-bond acceptors (Lipinski definition) is 6. The maximum atomic E-state index is 13.5. The van der Waals surface area contributed by atoms with Gasteiger partial charge in [0.2, 0.25) is 5.91 Å². The second kappa shape index (κ2) is 10.5. The van der Waals surface area contributed by atoms with E-state index in [0.717, 1.165) is 21.6 Å². The van der Waals surface area contributed by atoms with Crippen LogP contribution in [0.25, 0.3) is 21.3 Å². The van der Waals surface area contributed by atoms with Crippen LogP contribution in [0.4, 0.5) is 0 Å². The second-order valence-electron chi connectivity index (χ2n) is 8.08. The van der Waals surface area contributed by atoms with E-state index in [-0.39, 0.29) is 11.5 Å². The van der Waals surface area contributed by atoms with Crippen molar-refractivity contribution in [3.05, 3.63) is 74.6 Å². The van der Waals surface area contributed by atoms with Crippen molar-refractivity contribution in [2.45, 2.75) is 26.3 Å². The van der Waals surface area contributed by atoms with Crippen LogP contribution in [0, 0.1) is 6.92 Å². The number of hydrogen-bond donors (Lipinski definition) is 1. The molecule has 0 aliphatic rings. The van der Waals surface area contributed by atoms with E-state index >= 15 is 0 Å². The summed E-state index contributed by atoms with van der Waals surface area (Å²) in [6.45, 7) is 4.07. The number of carbonyl (C=O) groups excluding carboxylic acids is 1. The van der Waals surface area contributed by atoms with E-state index in [2.05, 4.69) is 10.3 Å². The Morgan fingerprint density at radius 2 is 1.86 bits per heavy atom. The molecule has 0 aliphatic carbocycles. The van der Waals surface area contributed by atoms with Gasteiger partial charge in [-0.25, -0.2) is 4.98 Å². The molecule has 182 valence electrons. The molecule has 0 saturated heterocycles. The van der Waals surface area contributed by atoms with E-state index in [1.165, 1.54) is 22.2 Å². The molecule has 9 heteroatoms. The first-order valence-corrected chi connectivity index (χ1v) is 12.3. The molecule has 0 radical (unpaired) electrons. The van der Waals surface area contributed by atoms with Gasteiger partial charge in [-0.15, -0.1) is 11.3 Å². The Hall–Kier alpha value is -3.36. The molecule has 0 bridgehead atoms. The summed E-state index contributed by atoms with van der Waals surface area (Å²) >= 11 is 7.50. The standard InChI is InChI=1S/C26H26ClN3O4S/c1-15(24(31)28-12-11-17-5-10-20(33-3)21(13-17)34-4)30-14-29-25-23(26(30)32)22(16(2)35-25)18-6-8-19(27)9-7-18/h5-10,13-15H,11-12H2,1-4H3,(H,28,31). The summed E-state index contributed by atoms with van der Waals surface area (Å²) < 4.78 is 12.0. The van der Waals surface area contributed by atoms with Gasteiger partial charge in [-0.1, -0.05) is 29.8 Å². The average Bonchev–Trinajstić information content (AvgIpc) is 3.20. The SMILES string of the molecule is COc1ccc(CCNC(=O)C(C)n2cnc3sc(C)c(-c4ccc(Cl)cc4)c3c2=O)cc1OC. The number of fused-ring (bicyclic) bond motifs is 1. The molecule has 4 rings (SSSR count). The molecule has 2 heterocycles. The largest absolute Gasteiger partial charge is 0.493 e. The van der Waals surface area contributed by atoms with Gasteiger partial charge in [0.15, 0.2) is 11.5 Å². The fourth-order valence-electron chi connectivity index (χ4n) is 4.00. The summed E-state index contributed by atoms with van der Waals surface area (Å²) in [6.07, 6.45) is 2.06. The van der Waals surface area contributed by atoms with Gasteiger partial charge in [0.25, 0.3) is 5.56 Å². The van der Waals surface area contributed by atoms with Crippen LogP contribution in [0.2, 0.25) is 5.02 Å². The predicted octanol–water partition coefficient (Wildman–Crippen LogP) is 5.02. The van der Waals surface area contributed by atoms with Crippen LogP contribution in [-0.2, 0) is 11.2 Å². The van der Waals surface area contributed by atoms with Gasteiger partial charge >= 0.3 is 0 Å². The number of nitrogens with zero attached hydrogens (tertiary/aromatic N) is 2. The first-order valence-electron chi connectivity index (χ1n) is 11.1. The third kappa shape index (κ3) is 5.04. The molecule has 1 atom stereocenters. The predicted molar refractivity (Wildman–Crippen MR) is 140 cm³/mol. The summed E-state index contributed by atoms with van der Waals surface area (Å²) in [5.74, 6) is 1.03. The van der Waals surface area contributed by atoms with Crippen LogP contribution in [0.5, 0.6) is 11.5 Å². The van der Waals surface area contributed by atoms with E-state index < -0.39 is 6.04 Å². The maximum Gasteiger partial charge on any atom is 0.263 e. The molecule has 0 aliphatic heterocycles. The zero-order valence-corrected chi connectivity index (χ0v) is 21.5. The van der Waals surface area contributed by atoms with Crippen LogP contribution in [0.15, 0.2) is 53.6 Å². The molecule has 7 nitrogen and oxygen atoms in total. The topological polar surface area (TPSA) is 82.5 Å². The third-order valence-corrected chi connectivity index (χ3v) is 7.17. The fraction of sp³-hybridized carbons (Fsp3) is 0.269. The average molecular weight is 512 g/mol. The molecule has 1 amide bonds. The van der Waals surface area contributed by atoms with Gasteiger partial charge in [-0.05, 0) is 55.7 Å². The Kier molecular flexibility index (Phi) is 7.42. The summed E-state index contributed by atoms with van der Waals surface area (Å²) in [7, 11) is 3.17. The van der Waals surface area contributed by atoms with Crippen molar-refractivity contribution in [3.63, 3.8) is 0 Å². The first kappa shape index (κ1) is 24.8. The van der Waals surface area contributed by atoms with Crippen molar-refractivity contribution in [2.75, 3.05) is 20.8 Å². The van der Waals surface area contributed by atoms with Gasteiger partial charge in [-0.3, -0.25) is 14.2 Å². The molecular formula is C26H26ClN3O4S. The normalized spacial score (nSPS) is 11.9. The summed E-state index contributed by atoms with van der Waals surface area (Å²) in [5.41, 5.74) is 2.47. The van der Waals surface area contributed by atoms with Crippen LogP contribution in [0.3, 0.4) is 0 Å². The number of methoxy groups -OCH3 is 2. The summed E-state index contributed by atoms with van der Waals surface area (Å²) in [5, 5.41) is 4.06. The van der Waals surface area contributed by atoms with Crippen LogP contribution >= 0.6 is 22.9 Å². The van der Waals surface area contributed by atoms with Crippen LogP contribution < -0.4 is 20.3 Å². The zero-order valence-electron chi connectivity index (χ0n) is 19.9. The zero-order chi connectivity index (χ0) is 25.1. The van der Waals surface area contributed by atoms with E-state index in [9.17, 15) is 9.59 Å². The lowest BCUT2D eigenvalue weighted by molar-refractivity contribution is -0.123. The molecular weight excluding hydrogens is 486 g/mol. The second-order valence-corrected chi connectivity index (χ2v) is 9.72. The van der Waals surface area contributed by atoms with Crippen molar-refractivity contribution >= 4 is 39.1 Å². The highest BCUT2D eigenvalue weighted by Crippen LogP contribution is 2.36. The number of ether oxygens (including phenoxy) is 2. The van der Waals surface area contributed by atoms with Gasteiger partial charge in [0.1, 0.15) is 10.9 Å². The molecule has 1 N–H and O–H groups in total. The van der Waals surface area contributed by atoms with Crippen LogP contribution in [0.1, 0.15) is 23.4 Å². The van der Waals surface area contributed by atoms with Gasteiger partial charge in [0.05, 0.1) is 25.9 Å². The number of aryl methyl sites for hydroxylation is 1. The number of carbonyl (C=O) groups is 1. The monoisotopic (exact) mass is 511 g/mol. The number of halogens is 1. The minimum Gasteiger partial charge on any atom is -0.493 e. The van der Waals surface area contributed by atoms with Gasteiger partial charge in [-0.2, -0.15) is 0 Å². The highest BCUT2D eigenvalue weighted by Gasteiger charge is 2.21. The number of benzene rings is 2. The Balaban J connectivity index is 1.53. The minimum absolute atomic E-state index is 0.244. The molecule has 4 aromatic rings. The lowest BCUT2D eigenvalue weighted by atomic mass is 10.0. The van der Waals surface area contributed by atoms with Crippen molar-refractivity contribution in [1.82, 2.24) is 14.9 Å². The van der Waals surface area contributed by atoms with Gasteiger partial charge < -0.3 is 14.8 Å². The molecule has 0 fully saturated rings. The summed E-state index contributed by atoms with van der Waals surface area (Å²) in [6, 6.07) is 12.3. The van der Waals surface area contributed by atoms with E-state index in [0.29, 0.717) is 39.7 Å². The Morgan fingerprint density at radius 1 is 1.14 bits per heavy atom. The fourth-order valence-corrected chi connectivity index (χ4v) is 5.13. The molecule has 1 unspecified atom stereocenters. The molecule has 0 spiro atoms. The maximum absolute atomic E-state index is 13.5. The van der Waals surface area contributed by atoms with Gasteiger partial charge in [0, 0.05) is 22.0 Å². The number of nitrogens with one attached hydrogen (secondary N) is 1.